The van der Waals surface area contributed by atoms with E-state index in [0.29, 0.717) is 17.4 Å². The summed E-state index contributed by atoms with van der Waals surface area (Å²) < 4.78 is 32.8. The fraction of sp³-hybridized carbons (Fsp3) is 0.556. The van der Waals surface area contributed by atoms with Gasteiger partial charge < -0.3 is 4.74 Å². The predicted molar refractivity (Wildman–Crippen MR) is 64.1 cm³/mol. The lowest BCUT2D eigenvalue weighted by Crippen LogP contribution is -2.41. The lowest BCUT2D eigenvalue weighted by molar-refractivity contribution is 0.0609. The molecule has 0 amide bonds. The Kier molecular flexibility index (Phi) is 2.63. The van der Waals surface area contributed by atoms with Crippen LogP contribution in [0.1, 0.15) is 6.42 Å². The van der Waals surface area contributed by atoms with E-state index in [1.165, 1.54) is 11.3 Å². The molecule has 2 saturated heterocycles. The van der Waals surface area contributed by atoms with Crippen LogP contribution in [0.15, 0.2) is 20.1 Å². The molecular formula is C9H10BrNO3S2. The molecule has 2 bridgehead atoms. The lowest BCUT2D eigenvalue weighted by atomic mass is 10.3. The number of fused-ring (bicyclic) bond motifs is 2. The molecule has 0 radical (unpaired) electrons. The molecule has 2 aliphatic rings. The normalized spacial score (nSPS) is 30.1. The van der Waals surface area contributed by atoms with E-state index in [9.17, 15) is 8.42 Å². The van der Waals surface area contributed by atoms with Gasteiger partial charge >= 0.3 is 0 Å². The minimum Gasteiger partial charge on any atom is -0.375 e. The molecule has 1 aromatic heterocycles. The molecule has 0 aliphatic carbocycles. The maximum atomic E-state index is 12.3. The molecule has 2 aliphatic heterocycles. The summed E-state index contributed by atoms with van der Waals surface area (Å²) in [5.41, 5.74) is 0. The van der Waals surface area contributed by atoms with E-state index in [-0.39, 0.29) is 12.1 Å². The summed E-state index contributed by atoms with van der Waals surface area (Å²) in [6.07, 6.45) is 0.939. The highest BCUT2D eigenvalue weighted by Crippen LogP contribution is 2.35. The van der Waals surface area contributed by atoms with Crippen LogP contribution in [0.5, 0.6) is 0 Å². The molecule has 0 spiro atoms. The van der Waals surface area contributed by atoms with Crippen LogP contribution in [0.4, 0.5) is 0 Å². The molecule has 3 heterocycles. The first kappa shape index (κ1) is 11.2. The van der Waals surface area contributed by atoms with Crippen LogP contribution in [0, 0.1) is 0 Å². The molecule has 88 valence electrons. The van der Waals surface area contributed by atoms with Gasteiger partial charge in [-0.3, -0.25) is 0 Å². The molecule has 0 saturated carbocycles. The average molecular weight is 324 g/mol. The molecule has 2 fully saturated rings. The smallest absolute Gasteiger partial charge is 0.253 e. The fourth-order valence-corrected chi connectivity index (χ4v) is 6.00. The molecule has 2 atom stereocenters. The number of hydrogen-bond donors (Lipinski definition) is 0. The molecule has 0 N–H and O–H groups in total. The van der Waals surface area contributed by atoms with E-state index in [1.807, 2.05) is 0 Å². The van der Waals surface area contributed by atoms with Gasteiger partial charge in [-0.25, -0.2) is 8.42 Å². The largest absolute Gasteiger partial charge is 0.375 e. The zero-order valence-electron chi connectivity index (χ0n) is 8.30. The fourth-order valence-electron chi connectivity index (χ4n) is 2.21. The Bertz CT molecular complexity index is 513. The highest BCUT2D eigenvalue weighted by molar-refractivity contribution is 9.11. The van der Waals surface area contributed by atoms with Crippen molar-refractivity contribution in [1.82, 2.24) is 4.31 Å². The molecule has 3 rings (SSSR count). The van der Waals surface area contributed by atoms with Gasteiger partial charge in [0.05, 0.1) is 22.5 Å². The van der Waals surface area contributed by atoms with E-state index in [1.54, 1.807) is 16.4 Å². The summed E-state index contributed by atoms with van der Waals surface area (Å²) in [6.45, 7) is 1.04. The van der Waals surface area contributed by atoms with Crippen molar-refractivity contribution in [3.63, 3.8) is 0 Å². The molecule has 4 nitrogen and oxygen atoms in total. The standard InChI is InChI=1S/C9H10BrNO3S2/c10-8-1-2-9(15-8)16(12,13)11-4-7-3-6(11)5-14-7/h1-2,6-7H,3-5H2/t6-,7+/m0/s1. The number of morpholine rings is 1. The quantitative estimate of drug-likeness (QED) is 0.831. The topological polar surface area (TPSA) is 46.6 Å². The molecule has 16 heavy (non-hydrogen) atoms. The van der Waals surface area contributed by atoms with Crippen molar-refractivity contribution >= 4 is 37.3 Å². The first-order valence-electron chi connectivity index (χ1n) is 4.96. The van der Waals surface area contributed by atoms with E-state index >= 15 is 0 Å². The Morgan fingerprint density at radius 3 is 2.81 bits per heavy atom. The predicted octanol–water partition coefficient (Wildman–Crippen LogP) is 1.67. The average Bonchev–Trinajstić information content (AvgIpc) is 2.91. The molecule has 7 heteroatoms. The lowest BCUT2D eigenvalue weighted by Gasteiger charge is -2.25. The van der Waals surface area contributed by atoms with Crippen LogP contribution in [-0.4, -0.2) is 38.0 Å². The van der Waals surface area contributed by atoms with Crippen LogP contribution < -0.4 is 0 Å². The van der Waals surface area contributed by atoms with Crippen molar-refractivity contribution in [3.8, 4) is 0 Å². The Morgan fingerprint density at radius 1 is 1.50 bits per heavy atom. The van der Waals surface area contributed by atoms with Gasteiger partial charge in [0.25, 0.3) is 10.0 Å². The molecular weight excluding hydrogens is 314 g/mol. The Balaban J connectivity index is 1.94. The number of halogens is 1. The third-order valence-electron chi connectivity index (χ3n) is 2.96. The number of sulfonamides is 1. The third-order valence-corrected chi connectivity index (χ3v) is 6.97. The second-order valence-corrected chi connectivity index (χ2v) is 8.56. The van der Waals surface area contributed by atoms with Crippen molar-refractivity contribution in [2.45, 2.75) is 22.8 Å². The summed E-state index contributed by atoms with van der Waals surface area (Å²) in [5.74, 6) is 0. The van der Waals surface area contributed by atoms with Crippen LogP contribution in [-0.2, 0) is 14.8 Å². The maximum absolute atomic E-state index is 12.3. The number of thiophene rings is 1. The van der Waals surface area contributed by atoms with Crippen molar-refractivity contribution < 1.29 is 13.2 Å². The highest BCUT2D eigenvalue weighted by Gasteiger charge is 2.45. The van der Waals surface area contributed by atoms with Crippen LogP contribution >= 0.6 is 27.3 Å². The second-order valence-electron chi connectivity index (χ2n) is 3.98. The van der Waals surface area contributed by atoms with Crippen molar-refractivity contribution in [1.29, 1.82) is 0 Å². The van der Waals surface area contributed by atoms with Crippen LogP contribution in [0.2, 0.25) is 0 Å². The zero-order valence-corrected chi connectivity index (χ0v) is 11.5. The van der Waals surface area contributed by atoms with Gasteiger partial charge in [0, 0.05) is 6.54 Å². The van der Waals surface area contributed by atoms with E-state index in [0.717, 1.165) is 10.2 Å². The molecule has 0 aromatic carbocycles. The van der Waals surface area contributed by atoms with E-state index in [4.69, 9.17) is 4.74 Å². The monoisotopic (exact) mass is 323 g/mol. The first-order chi connectivity index (χ1) is 7.57. The van der Waals surface area contributed by atoms with Gasteiger partial charge in [0.2, 0.25) is 0 Å². The minimum absolute atomic E-state index is 0.0378. The number of nitrogens with zero attached hydrogens (tertiary/aromatic N) is 1. The Labute approximate surface area is 106 Å². The van der Waals surface area contributed by atoms with Crippen molar-refractivity contribution in [2.24, 2.45) is 0 Å². The van der Waals surface area contributed by atoms with Crippen LogP contribution in [0.25, 0.3) is 0 Å². The minimum atomic E-state index is -3.31. The number of hydrogen-bond acceptors (Lipinski definition) is 4. The van der Waals surface area contributed by atoms with E-state index < -0.39 is 10.0 Å². The molecule has 1 aromatic rings. The number of rotatable bonds is 2. The van der Waals surface area contributed by atoms with Gasteiger partial charge in [-0.2, -0.15) is 4.31 Å². The summed E-state index contributed by atoms with van der Waals surface area (Å²) in [7, 11) is -3.31. The van der Waals surface area contributed by atoms with Crippen molar-refractivity contribution in [3.05, 3.63) is 15.9 Å². The summed E-state index contributed by atoms with van der Waals surface area (Å²) in [6, 6.07) is 3.45. The van der Waals surface area contributed by atoms with Gasteiger partial charge in [-0.1, -0.05) is 0 Å². The van der Waals surface area contributed by atoms with Gasteiger partial charge in [-0.05, 0) is 34.5 Å². The maximum Gasteiger partial charge on any atom is 0.253 e. The SMILES string of the molecule is O=S(=O)(c1ccc(Br)s1)N1C[C@H]2C[C@H]1CO2. The van der Waals surface area contributed by atoms with Crippen LogP contribution in [0.3, 0.4) is 0 Å². The summed E-state index contributed by atoms with van der Waals surface area (Å²) in [4.78, 5) is 0. The summed E-state index contributed by atoms with van der Waals surface area (Å²) in [5, 5.41) is 0. The number of ether oxygens (including phenoxy) is 1. The first-order valence-corrected chi connectivity index (χ1v) is 8.01. The van der Waals surface area contributed by atoms with Gasteiger partial charge in [0.1, 0.15) is 4.21 Å². The Hall–Kier alpha value is 0.0500. The summed E-state index contributed by atoms with van der Waals surface area (Å²) >= 11 is 4.54. The molecule has 0 unspecified atom stereocenters. The third kappa shape index (κ3) is 1.65. The highest BCUT2D eigenvalue weighted by atomic mass is 79.9. The Morgan fingerprint density at radius 2 is 2.31 bits per heavy atom. The van der Waals surface area contributed by atoms with Gasteiger partial charge in [0.15, 0.2) is 0 Å². The van der Waals surface area contributed by atoms with E-state index in [2.05, 4.69) is 15.9 Å². The van der Waals surface area contributed by atoms with Crippen molar-refractivity contribution in [2.75, 3.05) is 13.2 Å². The second kappa shape index (κ2) is 3.78. The zero-order chi connectivity index (χ0) is 11.3. The van der Waals surface area contributed by atoms with Gasteiger partial charge in [-0.15, -0.1) is 11.3 Å².